The molecule has 2 atom stereocenters. The van der Waals surface area contributed by atoms with Crippen molar-refractivity contribution in [3.8, 4) is 11.5 Å². The number of ether oxygens (including phenoxy) is 3. The van der Waals surface area contributed by atoms with Crippen LogP contribution >= 0.6 is 0 Å². The lowest BCUT2D eigenvalue weighted by Gasteiger charge is -2.27. The van der Waals surface area contributed by atoms with Crippen LogP contribution in [0.25, 0.3) is 0 Å². The molecular weight excluding hydrogens is 244 g/mol. The van der Waals surface area contributed by atoms with E-state index < -0.39 is 0 Å². The molecule has 3 N–H and O–H groups in total. The Balaban J connectivity index is 2.30. The van der Waals surface area contributed by atoms with Gasteiger partial charge in [-0.05, 0) is 30.9 Å². The van der Waals surface area contributed by atoms with Crippen LogP contribution in [0.3, 0.4) is 0 Å². The van der Waals surface area contributed by atoms with Gasteiger partial charge in [0.05, 0.1) is 26.4 Å². The van der Waals surface area contributed by atoms with Gasteiger partial charge in [0.25, 0.3) is 0 Å². The fourth-order valence-corrected chi connectivity index (χ4v) is 2.46. The van der Waals surface area contributed by atoms with Crippen LogP contribution in [0.5, 0.6) is 11.5 Å². The Hall–Kier alpha value is -1.30. The second-order valence-electron chi connectivity index (χ2n) is 4.79. The number of hydrogen-bond acceptors (Lipinski definition) is 5. The number of hydrazine groups is 1. The van der Waals surface area contributed by atoms with Gasteiger partial charge in [-0.2, -0.15) is 0 Å². The lowest BCUT2D eigenvalue weighted by atomic mass is 9.97. The number of rotatable bonds is 7. The molecule has 0 spiro atoms. The first-order valence-corrected chi connectivity index (χ1v) is 6.46. The number of benzene rings is 1. The molecule has 0 heterocycles. The number of nitrogens with two attached hydrogens (primary N) is 1. The minimum Gasteiger partial charge on any atom is -0.497 e. The van der Waals surface area contributed by atoms with Crippen molar-refractivity contribution in [3.05, 3.63) is 23.8 Å². The van der Waals surface area contributed by atoms with E-state index in [-0.39, 0.29) is 12.1 Å². The van der Waals surface area contributed by atoms with Crippen LogP contribution in [0.4, 0.5) is 0 Å². The third-order valence-corrected chi connectivity index (χ3v) is 3.64. The van der Waals surface area contributed by atoms with Crippen molar-refractivity contribution in [1.82, 2.24) is 5.43 Å². The van der Waals surface area contributed by atoms with Crippen molar-refractivity contribution >= 4 is 0 Å². The van der Waals surface area contributed by atoms with E-state index in [1.807, 2.05) is 18.2 Å². The van der Waals surface area contributed by atoms with Gasteiger partial charge in [-0.15, -0.1) is 0 Å². The van der Waals surface area contributed by atoms with Crippen LogP contribution in [0.15, 0.2) is 18.2 Å². The summed E-state index contributed by atoms with van der Waals surface area (Å²) in [5.41, 5.74) is 3.85. The van der Waals surface area contributed by atoms with Crippen molar-refractivity contribution in [2.24, 2.45) is 11.8 Å². The molecular formula is C14H22N2O3. The SMILES string of the molecule is COc1ccc(C(NN)C(OC)C2CC2)c(OC)c1. The molecule has 1 fully saturated rings. The zero-order chi connectivity index (χ0) is 13.8. The van der Waals surface area contributed by atoms with Crippen molar-refractivity contribution in [1.29, 1.82) is 0 Å². The Kier molecular flexibility index (Phi) is 4.63. The predicted octanol–water partition coefficient (Wildman–Crippen LogP) is 1.63. The fraction of sp³-hybridized carbons (Fsp3) is 0.571. The van der Waals surface area contributed by atoms with Gasteiger partial charge >= 0.3 is 0 Å². The molecule has 0 amide bonds. The zero-order valence-corrected chi connectivity index (χ0v) is 11.7. The molecule has 0 saturated heterocycles. The molecule has 0 bridgehead atoms. The number of methoxy groups -OCH3 is 3. The average Bonchev–Trinajstić information content (AvgIpc) is 3.28. The van der Waals surface area contributed by atoms with Gasteiger partial charge in [-0.3, -0.25) is 11.3 Å². The summed E-state index contributed by atoms with van der Waals surface area (Å²) in [7, 11) is 5.00. The summed E-state index contributed by atoms with van der Waals surface area (Å²) in [6, 6.07) is 5.65. The summed E-state index contributed by atoms with van der Waals surface area (Å²) in [5, 5.41) is 0. The van der Waals surface area contributed by atoms with Crippen molar-refractivity contribution < 1.29 is 14.2 Å². The van der Waals surface area contributed by atoms with Crippen LogP contribution in [0, 0.1) is 5.92 Å². The second-order valence-corrected chi connectivity index (χ2v) is 4.79. The van der Waals surface area contributed by atoms with E-state index in [4.69, 9.17) is 20.1 Å². The summed E-state index contributed by atoms with van der Waals surface area (Å²) in [6.45, 7) is 0. The predicted molar refractivity (Wildman–Crippen MR) is 73.1 cm³/mol. The van der Waals surface area contributed by atoms with Gasteiger partial charge in [-0.1, -0.05) is 0 Å². The highest BCUT2D eigenvalue weighted by molar-refractivity contribution is 5.43. The number of nitrogens with one attached hydrogen (secondary N) is 1. The fourth-order valence-electron chi connectivity index (χ4n) is 2.46. The maximum atomic E-state index is 5.72. The lowest BCUT2D eigenvalue weighted by Crippen LogP contribution is -2.39. The molecule has 5 nitrogen and oxygen atoms in total. The minimum atomic E-state index is -0.0849. The quantitative estimate of drug-likeness (QED) is 0.580. The first-order valence-electron chi connectivity index (χ1n) is 6.46. The minimum absolute atomic E-state index is 0.0623. The molecule has 0 radical (unpaired) electrons. The first-order chi connectivity index (χ1) is 9.24. The van der Waals surface area contributed by atoms with E-state index in [0.717, 1.165) is 17.1 Å². The molecule has 1 aromatic rings. The summed E-state index contributed by atoms with van der Waals surface area (Å²) < 4.78 is 16.3. The Labute approximate surface area is 114 Å². The Bertz CT molecular complexity index is 421. The van der Waals surface area contributed by atoms with Crippen LogP contribution in [-0.4, -0.2) is 27.4 Å². The van der Waals surface area contributed by atoms with E-state index in [1.54, 1.807) is 21.3 Å². The van der Waals surface area contributed by atoms with Gasteiger partial charge in [-0.25, -0.2) is 0 Å². The molecule has 0 aliphatic heterocycles. The lowest BCUT2D eigenvalue weighted by molar-refractivity contribution is 0.0499. The highest BCUT2D eigenvalue weighted by Gasteiger charge is 2.38. The first kappa shape index (κ1) is 14.1. The third kappa shape index (κ3) is 3.00. The number of hydrogen-bond donors (Lipinski definition) is 2. The molecule has 19 heavy (non-hydrogen) atoms. The molecule has 1 saturated carbocycles. The van der Waals surface area contributed by atoms with E-state index >= 15 is 0 Å². The topological polar surface area (TPSA) is 65.7 Å². The highest BCUT2D eigenvalue weighted by atomic mass is 16.5. The standard InChI is InChI=1S/C14H22N2O3/c1-17-10-6-7-11(12(8-10)18-2)13(16-15)14(19-3)9-4-5-9/h6-9,13-14,16H,4-5,15H2,1-3H3. The van der Waals surface area contributed by atoms with Crippen LogP contribution in [-0.2, 0) is 4.74 Å². The molecule has 2 unspecified atom stereocenters. The molecule has 2 rings (SSSR count). The molecule has 106 valence electrons. The van der Waals surface area contributed by atoms with Gasteiger partial charge in [0.2, 0.25) is 0 Å². The summed E-state index contributed by atoms with van der Waals surface area (Å²) in [4.78, 5) is 0. The van der Waals surface area contributed by atoms with Gasteiger partial charge in [0.1, 0.15) is 11.5 Å². The summed E-state index contributed by atoms with van der Waals surface area (Å²) in [6.07, 6.45) is 2.44. The molecule has 1 aromatic carbocycles. The van der Waals surface area contributed by atoms with Crippen LogP contribution in [0.1, 0.15) is 24.4 Å². The van der Waals surface area contributed by atoms with Crippen molar-refractivity contribution in [3.63, 3.8) is 0 Å². The van der Waals surface area contributed by atoms with Crippen molar-refractivity contribution in [2.75, 3.05) is 21.3 Å². The highest BCUT2D eigenvalue weighted by Crippen LogP contribution is 2.41. The van der Waals surface area contributed by atoms with E-state index in [9.17, 15) is 0 Å². The summed E-state index contributed by atoms with van der Waals surface area (Å²) >= 11 is 0. The molecule has 1 aliphatic carbocycles. The Morgan fingerprint density at radius 2 is 1.95 bits per heavy atom. The van der Waals surface area contributed by atoms with E-state index in [1.165, 1.54) is 12.8 Å². The van der Waals surface area contributed by atoms with E-state index in [0.29, 0.717) is 5.92 Å². The van der Waals surface area contributed by atoms with Gasteiger partial charge in [0, 0.05) is 18.7 Å². The normalized spacial score (nSPS) is 17.9. The van der Waals surface area contributed by atoms with E-state index in [2.05, 4.69) is 5.43 Å². The largest absolute Gasteiger partial charge is 0.497 e. The van der Waals surface area contributed by atoms with Gasteiger partial charge < -0.3 is 14.2 Å². The van der Waals surface area contributed by atoms with Gasteiger partial charge in [0.15, 0.2) is 0 Å². The Morgan fingerprint density at radius 1 is 1.21 bits per heavy atom. The maximum Gasteiger partial charge on any atom is 0.127 e. The van der Waals surface area contributed by atoms with Crippen LogP contribution < -0.4 is 20.7 Å². The average molecular weight is 266 g/mol. The summed E-state index contributed by atoms with van der Waals surface area (Å²) in [5.74, 6) is 7.81. The monoisotopic (exact) mass is 266 g/mol. The second kappa shape index (κ2) is 6.23. The molecule has 5 heteroatoms. The van der Waals surface area contributed by atoms with Crippen LogP contribution in [0.2, 0.25) is 0 Å². The smallest absolute Gasteiger partial charge is 0.127 e. The van der Waals surface area contributed by atoms with Crippen molar-refractivity contribution in [2.45, 2.75) is 25.0 Å². The zero-order valence-electron chi connectivity index (χ0n) is 11.7. The third-order valence-electron chi connectivity index (χ3n) is 3.64. The Morgan fingerprint density at radius 3 is 2.42 bits per heavy atom. The maximum absolute atomic E-state index is 5.72. The molecule has 0 aromatic heterocycles. The molecule has 1 aliphatic rings.